The van der Waals surface area contributed by atoms with Crippen LogP contribution < -0.4 is 10.6 Å². The molecule has 25 heavy (non-hydrogen) atoms. The number of fused-ring (bicyclic) bond motifs is 1. The lowest BCUT2D eigenvalue weighted by atomic mass is 10.0. The van der Waals surface area contributed by atoms with Crippen molar-refractivity contribution < 1.29 is 9.18 Å². The van der Waals surface area contributed by atoms with Crippen LogP contribution in [0.25, 0.3) is 10.9 Å². The summed E-state index contributed by atoms with van der Waals surface area (Å²) >= 11 is 0. The highest BCUT2D eigenvalue weighted by atomic mass is 19.1. The molecule has 0 saturated carbocycles. The molecule has 2 aliphatic rings. The van der Waals surface area contributed by atoms with Gasteiger partial charge in [0.2, 0.25) is 5.91 Å². The average Bonchev–Trinajstić information content (AvgIpc) is 3.12. The van der Waals surface area contributed by atoms with Gasteiger partial charge in [0.15, 0.2) is 0 Å². The number of nitrogens with zero attached hydrogens (tertiary/aromatic N) is 3. The van der Waals surface area contributed by atoms with E-state index in [2.05, 4.69) is 14.8 Å². The third-order valence-corrected chi connectivity index (χ3v) is 5.60. The van der Waals surface area contributed by atoms with E-state index in [1.807, 2.05) is 12.1 Å². The van der Waals surface area contributed by atoms with Gasteiger partial charge < -0.3 is 10.6 Å². The van der Waals surface area contributed by atoms with Gasteiger partial charge in [0.1, 0.15) is 11.3 Å². The third-order valence-electron chi connectivity index (χ3n) is 5.60. The number of benzene rings is 1. The van der Waals surface area contributed by atoms with E-state index in [4.69, 9.17) is 5.73 Å². The summed E-state index contributed by atoms with van der Waals surface area (Å²) in [6.07, 6.45) is 5.58. The summed E-state index contributed by atoms with van der Waals surface area (Å²) in [4.78, 5) is 20.4. The van der Waals surface area contributed by atoms with Crippen molar-refractivity contribution in [2.24, 2.45) is 5.73 Å². The predicted octanol–water partition coefficient (Wildman–Crippen LogP) is 2.29. The summed E-state index contributed by atoms with van der Waals surface area (Å²) in [5.74, 6) is -0.480. The molecule has 1 amide bonds. The first-order chi connectivity index (χ1) is 12.1. The lowest BCUT2D eigenvalue weighted by molar-refractivity contribution is -0.123. The monoisotopic (exact) mass is 342 g/mol. The first-order valence-electron chi connectivity index (χ1n) is 8.98. The summed E-state index contributed by atoms with van der Waals surface area (Å²) < 4.78 is 14.0. The smallest absolute Gasteiger partial charge is 0.234 e. The standard InChI is InChI=1S/C19H23FN4O/c20-15-4-1-3-14-16(6-9-22-18(14)15)23-11-7-13(8-12-23)24-10-2-5-17(24)19(21)25/h1,3-4,6,9,13,17H,2,5,7-8,10-12H2,(H2,21,25)/t17-/m0/s1. The van der Waals surface area contributed by atoms with Crippen molar-refractivity contribution in [3.8, 4) is 0 Å². The van der Waals surface area contributed by atoms with Gasteiger partial charge in [-0.1, -0.05) is 12.1 Å². The number of aromatic nitrogens is 1. The average molecular weight is 342 g/mol. The van der Waals surface area contributed by atoms with Crippen LogP contribution in [-0.2, 0) is 4.79 Å². The second kappa shape index (κ2) is 6.59. The zero-order chi connectivity index (χ0) is 17.4. The van der Waals surface area contributed by atoms with Gasteiger partial charge in [-0.15, -0.1) is 0 Å². The number of rotatable bonds is 3. The predicted molar refractivity (Wildman–Crippen MR) is 95.9 cm³/mol. The number of hydrogen-bond acceptors (Lipinski definition) is 4. The minimum atomic E-state index is -0.282. The SMILES string of the molecule is NC(=O)[C@@H]1CCCN1C1CCN(c2ccnc3c(F)cccc23)CC1. The molecule has 0 bridgehead atoms. The summed E-state index contributed by atoms with van der Waals surface area (Å²) in [5.41, 5.74) is 7.02. The fourth-order valence-electron chi connectivity index (χ4n) is 4.37. The molecule has 4 rings (SSSR count). The second-order valence-electron chi connectivity index (χ2n) is 6.98. The van der Waals surface area contributed by atoms with Gasteiger partial charge in [-0.25, -0.2) is 4.39 Å². The van der Waals surface area contributed by atoms with Crippen molar-refractivity contribution in [2.75, 3.05) is 24.5 Å². The highest BCUT2D eigenvalue weighted by molar-refractivity contribution is 5.91. The number of piperidine rings is 1. The Labute approximate surface area is 146 Å². The summed E-state index contributed by atoms with van der Waals surface area (Å²) in [7, 11) is 0. The molecule has 1 aromatic heterocycles. The zero-order valence-corrected chi connectivity index (χ0v) is 14.2. The molecular formula is C19H23FN4O. The maximum atomic E-state index is 14.0. The number of primary amides is 1. The number of hydrogen-bond donors (Lipinski definition) is 1. The molecule has 132 valence electrons. The van der Waals surface area contributed by atoms with Crippen molar-refractivity contribution in [3.63, 3.8) is 0 Å². The largest absolute Gasteiger partial charge is 0.371 e. The second-order valence-corrected chi connectivity index (χ2v) is 6.98. The van der Waals surface area contributed by atoms with E-state index in [-0.39, 0.29) is 17.8 Å². The summed E-state index contributed by atoms with van der Waals surface area (Å²) in [6, 6.07) is 7.37. The highest BCUT2D eigenvalue weighted by Gasteiger charge is 2.35. The van der Waals surface area contributed by atoms with Gasteiger partial charge >= 0.3 is 0 Å². The van der Waals surface area contributed by atoms with E-state index in [1.165, 1.54) is 6.07 Å². The van der Waals surface area contributed by atoms with Crippen LogP contribution in [0.3, 0.4) is 0 Å². The summed E-state index contributed by atoms with van der Waals surface area (Å²) in [5, 5.41) is 0.858. The molecule has 3 heterocycles. The van der Waals surface area contributed by atoms with Gasteiger partial charge in [-0.2, -0.15) is 0 Å². The number of anilines is 1. The van der Waals surface area contributed by atoms with E-state index in [0.29, 0.717) is 11.6 Å². The molecule has 5 nitrogen and oxygen atoms in total. The van der Waals surface area contributed by atoms with Gasteiger partial charge in [0.05, 0.1) is 6.04 Å². The van der Waals surface area contributed by atoms with Crippen LogP contribution in [0.2, 0.25) is 0 Å². The first kappa shape index (κ1) is 16.3. The Morgan fingerprint density at radius 1 is 1.16 bits per heavy atom. The fraction of sp³-hybridized carbons (Fsp3) is 0.474. The topological polar surface area (TPSA) is 62.5 Å². The quantitative estimate of drug-likeness (QED) is 0.930. The van der Waals surface area contributed by atoms with Crippen LogP contribution >= 0.6 is 0 Å². The molecule has 2 N–H and O–H groups in total. The lowest BCUT2D eigenvalue weighted by Gasteiger charge is -2.39. The van der Waals surface area contributed by atoms with E-state index in [1.54, 1.807) is 12.3 Å². The molecule has 0 unspecified atom stereocenters. The Kier molecular flexibility index (Phi) is 4.29. The van der Waals surface area contributed by atoms with Gasteiger partial charge in [0.25, 0.3) is 0 Å². The number of nitrogens with two attached hydrogens (primary N) is 1. The van der Waals surface area contributed by atoms with Crippen molar-refractivity contribution in [1.82, 2.24) is 9.88 Å². The van der Waals surface area contributed by atoms with Crippen molar-refractivity contribution in [3.05, 3.63) is 36.3 Å². The Bertz CT molecular complexity index is 788. The number of amides is 1. The van der Waals surface area contributed by atoms with E-state index < -0.39 is 0 Å². The lowest BCUT2D eigenvalue weighted by Crippen LogP contribution is -2.50. The molecule has 2 fully saturated rings. The molecule has 1 atom stereocenters. The van der Waals surface area contributed by atoms with Crippen LogP contribution in [0, 0.1) is 5.82 Å². The summed E-state index contributed by atoms with van der Waals surface area (Å²) in [6.45, 7) is 2.74. The maximum Gasteiger partial charge on any atom is 0.234 e. The van der Waals surface area contributed by atoms with Crippen LogP contribution in [0.4, 0.5) is 10.1 Å². The molecule has 0 radical (unpaired) electrons. The molecule has 6 heteroatoms. The molecule has 2 aliphatic heterocycles. The number of para-hydroxylation sites is 1. The van der Waals surface area contributed by atoms with Crippen molar-refractivity contribution >= 4 is 22.5 Å². The van der Waals surface area contributed by atoms with Crippen LogP contribution in [-0.4, -0.2) is 47.5 Å². The van der Waals surface area contributed by atoms with Crippen LogP contribution in [0.5, 0.6) is 0 Å². The fourth-order valence-corrected chi connectivity index (χ4v) is 4.37. The Morgan fingerprint density at radius 3 is 2.72 bits per heavy atom. The molecule has 1 aromatic carbocycles. The number of carbonyl (C=O) groups excluding carboxylic acids is 1. The highest BCUT2D eigenvalue weighted by Crippen LogP contribution is 2.31. The number of halogens is 1. The van der Waals surface area contributed by atoms with E-state index in [0.717, 1.165) is 56.4 Å². The van der Waals surface area contributed by atoms with Crippen molar-refractivity contribution in [1.29, 1.82) is 0 Å². The van der Waals surface area contributed by atoms with Gasteiger partial charge in [-0.05, 0) is 44.4 Å². The molecule has 2 aromatic rings. The first-order valence-corrected chi connectivity index (χ1v) is 8.98. The molecule has 0 spiro atoms. The van der Waals surface area contributed by atoms with Gasteiger partial charge in [0, 0.05) is 36.4 Å². The molecule has 0 aliphatic carbocycles. The Hall–Kier alpha value is -2.21. The van der Waals surface area contributed by atoms with E-state index in [9.17, 15) is 9.18 Å². The maximum absolute atomic E-state index is 14.0. The number of pyridine rings is 1. The minimum Gasteiger partial charge on any atom is -0.371 e. The molecule has 2 saturated heterocycles. The van der Waals surface area contributed by atoms with Gasteiger partial charge in [-0.3, -0.25) is 14.7 Å². The Morgan fingerprint density at radius 2 is 1.96 bits per heavy atom. The van der Waals surface area contributed by atoms with Crippen LogP contribution in [0.1, 0.15) is 25.7 Å². The molecular weight excluding hydrogens is 319 g/mol. The van der Waals surface area contributed by atoms with Crippen molar-refractivity contribution in [2.45, 2.75) is 37.8 Å². The minimum absolute atomic E-state index is 0.104. The van der Waals surface area contributed by atoms with Crippen LogP contribution in [0.15, 0.2) is 30.5 Å². The Balaban J connectivity index is 1.51. The number of carbonyl (C=O) groups is 1. The third kappa shape index (κ3) is 2.95. The number of likely N-dealkylation sites (tertiary alicyclic amines) is 1. The van der Waals surface area contributed by atoms with E-state index >= 15 is 0 Å². The normalized spacial score (nSPS) is 22.6. The zero-order valence-electron chi connectivity index (χ0n) is 14.2.